The highest BCUT2D eigenvalue weighted by Gasteiger charge is 2.35. The molecular formula is C12H22O2S2. The van der Waals surface area contributed by atoms with Crippen LogP contribution in [0.15, 0.2) is 0 Å². The second kappa shape index (κ2) is 7.49. The van der Waals surface area contributed by atoms with Gasteiger partial charge in [0.2, 0.25) is 0 Å². The van der Waals surface area contributed by atoms with Crippen LogP contribution in [0.1, 0.15) is 45.4 Å². The maximum absolute atomic E-state index is 11.2. The van der Waals surface area contributed by atoms with E-state index in [9.17, 15) is 4.79 Å². The van der Waals surface area contributed by atoms with Crippen LogP contribution in [0.3, 0.4) is 0 Å². The monoisotopic (exact) mass is 262 g/mol. The number of thioether (sulfide) groups is 2. The summed E-state index contributed by atoms with van der Waals surface area (Å²) in [5, 5.41) is 0. The van der Waals surface area contributed by atoms with Gasteiger partial charge >= 0.3 is 5.97 Å². The molecule has 1 heterocycles. The van der Waals surface area contributed by atoms with Crippen molar-refractivity contribution >= 4 is 29.5 Å². The van der Waals surface area contributed by atoms with Gasteiger partial charge in [-0.1, -0.05) is 26.2 Å². The lowest BCUT2D eigenvalue weighted by molar-refractivity contribution is -0.140. The SMILES string of the molecule is CCCCCC1(CCC(=O)OC)SCCS1. The third kappa shape index (κ3) is 4.58. The van der Waals surface area contributed by atoms with Crippen molar-refractivity contribution in [2.24, 2.45) is 0 Å². The molecule has 16 heavy (non-hydrogen) atoms. The molecule has 0 saturated carbocycles. The second-order valence-corrected chi connectivity index (χ2v) is 7.36. The van der Waals surface area contributed by atoms with Gasteiger partial charge in [0, 0.05) is 17.9 Å². The van der Waals surface area contributed by atoms with Crippen molar-refractivity contribution in [3.8, 4) is 0 Å². The molecule has 4 heteroatoms. The van der Waals surface area contributed by atoms with Crippen LogP contribution >= 0.6 is 23.5 Å². The highest BCUT2D eigenvalue weighted by molar-refractivity contribution is 8.21. The summed E-state index contributed by atoms with van der Waals surface area (Å²) in [6, 6.07) is 0. The van der Waals surface area contributed by atoms with E-state index in [1.807, 2.05) is 23.5 Å². The van der Waals surface area contributed by atoms with E-state index in [1.54, 1.807) is 0 Å². The third-order valence-corrected chi connectivity index (χ3v) is 6.56. The molecule has 0 aromatic carbocycles. The van der Waals surface area contributed by atoms with E-state index in [1.165, 1.54) is 44.3 Å². The van der Waals surface area contributed by atoms with Crippen molar-refractivity contribution in [3.05, 3.63) is 0 Å². The van der Waals surface area contributed by atoms with Crippen LogP contribution in [0.2, 0.25) is 0 Å². The predicted molar refractivity (Wildman–Crippen MR) is 73.0 cm³/mol. The van der Waals surface area contributed by atoms with Gasteiger partial charge in [0.15, 0.2) is 0 Å². The van der Waals surface area contributed by atoms with Crippen molar-refractivity contribution in [2.75, 3.05) is 18.6 Å². The fourth-order valence-electron chi connectivity index (χ4n) is 1.95. The number of carbonyl (C=O) groups is 1. The molecule has 0 spiro atoms. The number of hydrogen-bond acceptors (Lipinski definition) is 4. The Morgan fingerprint density at radius 2 is 1.94 bits per heavy atom. The van der Waals surface area contributed by atoms with E-state index in [4.69, 9.17) is 4.74 Å². The van der Waals surface area contributed by atoms with Gasteiger partial charge < -0.3 is 4.74 Å². The van der Waals surface area contributed by atoms with Gasteiger partial charge in [-0.25, -0.2) is 0 Å². The lowest BCUT2D eigenvalue weighted by Crippen LogP contribution is -2.19. The van der Waals surface area contributed by atoms with Gasteiger partial charge in [0.1, 0.15) is 0 Å². The fraction of sp³-hybridized carbons (Fsp3) is 0.917. The summed E-state index contributed by atoms with van der Waals surface area (Å²) in [5.74, 6) is 2.40. The summed E-state index contributed by atoms with van der Waals surface area (Å²) in [6.07, 6.45) is 6.65. The predicted octanol–water partition coefficient (Wildman–Crippen LogP) is 3.70. The van der Waals surface area contributed by atoms with Crippen molar-refractivity contribution in [2.45, 2.75) is 49.5 Å². The summed E-state index contributed by atoms with van der Waals surface area (Å²) >= 11 is 4.10. The minimum absolute atomic E-state index is 0.0667. The number of methoxy groups -OCH3 is 1. The van der Waals surface area contributed by atoms with Crippen LogP contribution in [0.25, 0.3) is 0 Å². The summed E-state index contributed by atoms with van der Waals surface area (Å²) in [7, 11) is 1.47. The van der Waals surface area contributed by atoms with Gasteiger partial charge in [0.25, 0.3) is 0 Å². The summed E-state index contributed by atoms with van der Waals surface area (Å²) < 4.78 is 5.03. The first-order valence-corrected chi connectivity index (χ1v) is 8.04. The Kier molecular flexibility index (Phi) is 6.66. The molecule has 0 amide bonds. The maximum atomic E-state index is 11.2. The van der Waals surface area contributed by atoms with Crippen LogP contribution in [-0.4, -0.2) is 28.7 Å². The highest BCUT2D eigenvalue weighted by Crippen LogP contribution is 2.50. The molecule has 0 aliphatic carbocycles. The van der Waals surface area contributed by atoms with Crippen LogP contribution in [0, 0.1) is 0 Å². The molecule has 1 rings (SSSR count). The van der Waals surface area contributed by atoms with E-state index >= 15 is 0 Å². The molecule has 0 bridgehead atoms. The number of esters is 1. The quantitative estimate of drug-likeness (QED) is 0.516. The normalized spacial score (nSPS) is 18.6. The molecule has 0 aromatic heterocycles. The summed E-state index contributed by atoms with van der Waals surface area (Å²) in [5.41, 5.74) is 0. The summed E-state index contributed by atoms with van der Waals surface area (Å²) in [6.45, 7) is 2.23. The zero-order valence-electron chi connectivity index (χ0n) is 10.3. The van der Waals surface area contributed by atoms with Gasteiger partial charge in [0.05, 0.1) is 11.2 Å². The first-order chi connectivity index (χ1) is 7.72. The standard InChI is InChI=1S/C12H22O2S2/c1-3-4-5-7-12(15-9-10-16-12)8-6-11(13)14-2/h3-10H2,1-2H3. The van der Waals surface area contributed by atoms with E-state index in [-0.39, 0.29) is 5.97 Å². The topological polar surface area (TPSA) is 26.3 Å². The Morgan fingerprint density at radius 3 is 2.50 bits per heavy atom. The Bertz CT molecular complexity index is 213. The Morgan fingerprint density at radius 1 is 1.25 bits per heavy atom. The van der Waals surface area contributed by atoms with Gasteiger partial charge in [-0.15, -0.1) is 23.5 Å². The highest BCUT2D eigenvalue weighted by atomic mass is 32.2. The van der Waals surface area contributed by atoms with Crippen molar-refractivity contribution in [1.82, 2.24) is 0 Å². The van der Waals surface area contributed by atoms with Crippen LogP contribution in [0.4, 0.5) is 0 Å². The molecule has 0 unspecified atom stereocenters. The van der Waals surface area contributed by atoms with E-state index in [0.29, 0.717) is 10.5 Å². The Labute approximate surface area is 107 Å². The molecule has 1 fully saturated rings. The first-order valence-electron chi connectivity index (χ1n) is 6.07. The van der Waals surface area contributed by atoms with E-state index < -0.39 is 0 Å². The molecule has 1 aliphatic rings. The number of carbonyl (C=O) groups excluding carboxylic acids is 1. The van der Waals surface area contributed by atoms with Crippen molar-refractivity contribution in [3.63, 3.8) is 0 Å². The first kappa shape index (κ1) is 14.2. The van der Waals surface area contributed by atoms with Crippen molar-refractivity contribution in [1.29, 1.82) is 0 Å². The van der Waals surface area contributed by atoms with Crippen LogP contribution in [0.5, 0.6) is 0 Å². The number of ether oxygens (including phenoxy) is 1. The van der Waals surface area contributed by atoms with Crippen molar-refractivity contribution < 1.29 is 9.53 Å². The zero-order valence-corrected chi connectivity index (χ0v) is 11.9. The minimum Gasteiger partial charge on any atom is -0.469 e. The molecule has 1 aliphatic heterocycles. The third-order valence-electron chi connectivity index (χ3n) is 2.91. The molecular weight excluding hydrogens is 240 g/mol. The van der Waals surface area contributed by atoms with E-state index in [0.717, 1.165) is 6.42 Å². The fourth-order valence-corrected chi connectivity index (χ4v) is 5.26. The smallest absolute Gasteiger partial charge is 0.305 e. The number of rotatable bonds is 7. The average Bonchev–Trinajstić information content (AvgIpc) is 2.76. The van der Waals surface area contributed by atoms with Gasteiger partial charge in [-0.3, -0.25) is 4.79 Å². The Hall–Kier alpha value is 0.170. The summed E-state index contributed by atoms with van der Waals surface area (Å²) in [4.78, 5) is 11.2. The lowest BCUT2D eigenvalue weighted by Gasteiger charge is -2.26. The molecule has 94 valence electrons. The van der Waals surface area contributed by atoms with E-state index in [2.05, 4.69) is 6.92 Å². The second-order valence-electron chi connectivity index (χ2n) is 4.14. The largest absolute Gasteiger partial charge is 0.469 e. The lowest BCUT2D eigenvalue weighted by atomic mass is 10.1. The molecule has 0 radical (unpaired) electrons. The average molecular weight is 262 g/mol. The molecule has 0 atom stereocenters. The molecule has 2 nitrogen and oxygen atoms in total. The Balaban J connectivity index is 2.35. The van der Waals surface area contributed by atoms with Crippen LogP contribution < -0.4 is 0 Å². The van der Waals surface area contributed by atoms with Gasteiger partial charge in [-0.2, -0.15) is 0 Å². The molecule has 0 N–H and O–H groups in total. The number of hydrogen-bond donors (Lipinski definition) is 0. The molecule has 1 saturated heterocycles. The maximum Gasteiger partial charge on any atom is 0.305 e. The zero-order chi connectivity index (χ0) is 11.9. The van der Waals surface area contributed by atoms with Crippen LogP contribution in [-0.2, 0) is 9.53 Å². The minimum atomic E-state index is -0.0667. The van der Waals surface area contributed by atoms with Gasteiger partial charge in [-0.05, 0) is 12.8 Å². The number of unbranched alkanes of at least 4 members (excludes halogenated alkanes) is 2. The molecule has 0 aromatic rings.